The summed E-state index contributed by atoms with van der Waals surface area (Å²) in [5, 5.41) is 2.05. The summed E-state index contributed by atoms with van der Waals surface area (Å²) < 4.78 is 4.50. The molecule has 0 unspecified atom stereocenters. The maximum Gasteiger partial charge on any atom is 0.361 e. The number of nitrogens with zero attached hydrogens (tertiary/aromatic N) is 1. The highest BCUT2D eigenvalue weighted by atomic mass is 35.5. The Bertz CT molecular complexity index is 544. The molecule has 20 heavy (non-hydrogen) atoms. The highest BCUT2D eigenvalue weighted by Crippen LogP contribution is 2.23. The summed E-state index contributed by atoms with van der Waals surface area (Å²) in [5.74, 6) is -1.06. The van der Waals surface area contributed by atoms with Crippen LogP contribution in [0, 0.1) is 0 Å². The van der Waals surface area contributed by atoms with E-state index in [0.717, 1.165) is 4.90 Å². The van der Waals surface area contributed by atoms with Crippen LogP contribution in [0.4, 0.5) is 5.69 Å². The molecule has 106 valence electrons. The van der Waals surface area contributed by atoms with Crippen LogP contribution in [-0.4, -0.2) is 37.5 Å². The van der Waals surface area contributed by atoms with Crippen molar-refractivity contribution < 1.29 is 24.4 Å². The third-order valence-electron chi connectivity index (χ3n) is 3.06. The fraction of sp³-hybridized carbons (Fsp3) is 0.308. The number of hydrogen-bond donors (Lipinski definition) is 1. The lowest BCUT2D eigenvalue weighted by Gasteiger charge is -2.14. The van der Waals surface area contributed by atoms with E-state index >= 15 is 0 Å². The van der Waals surface area contributed by atoms with Crippen LogP contribution >= 0.6 is 11.6 Å². The topological polar surface area (TPSA) is 80.3 Å². The van der Waals surface area contributed by atoms with E-state index in [1.54, 1.807) is 24.3 Å². The van der Waals surface area contributed by atoms with E-state index in [1.165, 1.54) is 12.4 Å². The molecule has 0 aromatic heterocycles. The number of hydrogen-bond acceptors (Lipinski definition) is 4. The first kappa shape index (κ1) is 14.5. The predicted molar refractivity (Wildman–Crippen MR) is 71.2 cm³/mol. The van der Waals surface area contributed by atoms with Crippen LogP contribution in [0.15, 0.2) is 24.3 Å². The number of anilines is 1. The van der Waals surface area contributed by atoms with Gasteiger partial charge in [0, 0.05) is 5.02 Å². The van der Waals surface area contributed by atoms with Crippen LogP contribution in [-0.2, 0) is 19.1 Å². The molecule has 1 aliphatic heterocycles. The van der Waals surface area contributed by atoms with E-state index in [0.29, 0.717) is 10.7 Å². The SMILES string of the molecule is COC(=O)C[NH2+][C@@H]1CC(=O)N(c2ccc(Cl)cc2)C1=O. The molecule has 1 aliphatic rings. The molecule has 2 rings (SSSR count). The Morgan fingerprint density at radius 3 is 2.65 bits per heavy atom. The quantitative estimate of drug-likeness (QED) is 0.612. The van der Waals surface area contributed by atoms with Crippen LogP contribution < -0.4 is 10.2 Å². The average Bonchev–Trinajstić information content (AvgIpc) is 2.72. The number of amides is 2. The molecule has 7 heteroatoms. The number of methoxy groups -OCH3 is 1. The average molecular weight is 298 g/mol. The minimum atomic E-state index is -0.586. The number of imide groups is 1. The van der Waals surface area contributed by atoms with Gasteiger partial charge in [-0.3, -0.25) is 9.59 Å². The first-order chi connectivity index (χ1) is 9.52. The normalized spacial score (nSPS) is 18.5. The van der Waals surface area contributed by atoms with Crippen molar-refractivity contribution in [2.45, 2.75) is 12.5 Å². The van der Waals surface area contributed by atoms with Crippen LogP contribution in [0.25, 0.3) is 0 Å². The molecule has 2 amide bonds. The Balaban J connectivity index is 2.09. The third-order valence-corrected chi connectivity index (χ3v) is 3.32. The van der Waals surface area contributed by atoms with Crippen LogP contribution in [0.5, 0.6) is 0 Å². The maximum atomic E-state index is 12.2. The van der Waals surface area contributed by atoms with Crippen LogP contribution in [0.3, 0.4) is 0 Å². The number of carbonyl (C=O) groups excluding carboxylic acids is 3. The molecule has 0 saturated carbocycles. The fourth-order valence-corrected chi connectivity index (χ4v) is 2.15. The molecule has 0 bridgehead atoms. The van der Waals surface area contributed by atoms with Gasteiger partial charge in [0.2, 0.25) is 5.91 Å². The molecular formula is C13H14ClN2O4+. The zero-order valence-electron chi connectivity index (χ0n) is 10.8. The van der Waals surface area contributed by atoms with Crippen molar-refractivity contribution in [3.63, 3.8) is 0 Å². The molecular weight excluding hydrogens is 284 g/mol. The number of carbonyl (C=O) groups is 3. The number of quaternary nitrogens is 1. The second-order valence-corrected chi connectivity index (χ2v) is 4.81. The zero-order valence-corrected chi connectivity index (χ0v) is 11.6. The fourth-order valence-electron chi connectivity index (χ4n) is 2.02. The second-order valence-electron chi connectivity index (χ2n) is 4.37. The van der Waals surface area contributed by atoms with E-state index in [9.17, 15) is 14.4 Å². The Morgan fingerprint density at radius 2 is 2.05 bits per heavy atom. The minimum Gasteiger partial charge on any atom is -0.465 e. The number of rotatable bonds is 4. The molecule has 1 heterocycles. The number of ether oxygens (including phenoxy) is 1. The third kappa shape index (κ3) is 2.97. The Morgan fingerprint density at radius 1 is 1.40 bits per heavy atom. The molecule has 1 fully saturated rings. The lowest BCUT2D eigenvalue weighted by Crippen LogP contribution is -2.93. The molecule has 2 N–H and O–H groups in total. The first-order valence-electron chi connectivity index (χ1n) is 6.05. The van der Waals surface area contributed by atoms with Crippen molar-refractivity contribution >= 4 is 35.1 Å². The second kappa shape index (κ2) is 6.02. The van der Waals surface area contributed by atoms with Crippen molar-refractivity contribution in [2.75, 3.05) is 18.6 Å². The van der Waals surface area contributed by atoms with E-state index in [4.69, 9.17) is 11.6 Å². The van der Waals surface area contributed by atoms with Gasteiger partial charge in [0.1, 0.15) is 0 Å². The molecule has 1 saturated heterocycles. The zero-order chi connectivity index (χ0) is 14.7. The maximum absolute atomic E-state index is 12.2. The van der Waals surface area contributed by atoms with E-state index in [2.05, 4.69) is 4.74 Å². The van der Waals surface area contributed by atoms with Crippen molar-refractivity contribution in [1.29, 1.82) is 0 Å². The number of nitrogens with two attached hydrogens (primary N) is 1. The smallest absolute Gasteiger partial charge is 0.361 e. The molecule has 1 aromatic rings. The summed E-state index contributed by atoms with van der Waals surface area (Å²) in [6, 6.07) is 5.87. The Hall–Kier alpha value is -1.92. The first-order valence-corrected chi connectivity index (χ1v) is 6.43. The number of esters is 1. The molecule has 0 spiro atoms. The van der Waals surface area contributed by atoms with Gasteiger partial charge in [-0.1, -0.05) is 11.6 Å². The summed E-state index contributed by atoms with van der Waals surface area (Å²) in [7, 11) is 1.28. The van der Waals surface area contributed by atoms with Crippen molar-refractivity contribution in [1.82, 2.24) is 0 Å². The van der Waals surface area contributed by atoms with Gasteiger partial charge >= 0.3 is 5.97 Å². The Kier molecular flexibility index (Phi) is 4.36. The van der Waals surface area contributed by atoms with Gasteiger partial charge in [-0.25, -0.2) is 9.69 Å². The minimum absolute atomic E-state index is 0.00858. The van der Waals surface area contributed by atoms with Gasteiger partial charge < -0.3 is 10.1 Å². The summed E-state index contributed by atoms with van der Waals surface area (Å²) in [6.45, 7) is 0.00858. The van der Waals surface area contributed by atoms with E-state index in [1.807, 2.05) is 0 Å². The van der Waals surface area contributed by atoms with Gasteiger partial charge in [0.05, 0.1) is 19.2 Å². The molecule has 0 radical (unpaired) electrons. The standard InChI is InChI=1S/C13H13ClN2O4/c1-20-12(18)7-15-10-6-11(17)16(13(10)19)9-4-2-8(14)3-5-9/h2-5,10,15H,6-7H2,1H3/p+1/t10-/m1/s1. The van der Waals surface area contributed by atoms with Gasteiger partial charge in [0.15, 0.2) is 12.6 Å². The number of benzene rings is 1. The monoisotopic (exact) mass is 297 g/mol. The van der Waals surface area contributed by atoms with Gasteiger partial charge in [0.25, 0.3) is 5.91 Å². The largest absolute Gasteiger partial charge is 0.465 e. The Labute approximate surface area is 120 Å². The van der Waals surface area contributed by atoms with E-state index < -0.39 is 12.0 Å². The summed E-state index contributed by atoms with van der Waals surface area (Å²) in [5.41, 5.74) is 0.485. The van der Waals surface area contributed by atoms with Crippen molar-refractivity contribution in [3.05, 3.63) is 29.3 Å². The van der Waals surface area contributed by atoms with Crippen LogP contribution in [0.1, 0.15) is 6.42 Å². The molecule has 0 aliphatic carbocycles. The van der Waals surface area contributed by atoms with Gasteiger partial charge in [-0.05, 0) is 24.3 Å². The summed E-state index contributed by atoms with van der Waals surface area (Å²) in [4.78, 5) is 36.3. The van der Waals surface area contributed by atoms with E-state index in [-0.39, 0.29) is 24.8 Å². The highest BCUT2D eigenvalue weighted by Gasteiger charge is 2.42. The van der Waals surface area contributed by atoms with Crippen LogP contribution in [0.2, 0.25) is 5.02 Å². The molecule has 6 nitrogen and oxygen atoms in total. The summed E-state index contributed by atoms with van der Waals surface area (Å²) in [6.07, 6.45) is 0.0679. The van der Waals surface area contributed by atoms with Crippen molar-refractivity contribution in [2.24, 2.45) is 0 Å². The highest BCUT2D eigenvalue weighted by molar-refractivity contribution is 6.30. The number of halogens is 1. The van der Waals surface area contributed by atoms with Gasteiger partial charge in [-0.15, -0.1) is 0 Å². The predicted octanol–water partition coefficient (Wildman–Crippen LogP) is -0.292. The van der Waals surface area contributed by atoms with Crippen molar-refractivity contribution in [3.8, 4) is 0 Å². The summed E-state index contributed by atoms with van der Waals surface area (Å²) >= 11 is 5.77. The molecule has 1 atom stereocenters. The lowest BCUT2D eigenvalue weighted by atomic mass is 10.2. The van der Waals surface area contributed by atoms with Gasteiger partial charge in [-0.2, -0.15) is 0 Å². The lowest BCUT2D eigenvalue weighted by molar-refractivity contribution is -0.665. The molecule has 1 aromatic carbocycles.